The minimum atomic E-state index is -1.24. The molecule has 22 heavy (non-hydrogen) atoms. The van der Waals surface area contributed by atoms with Crippen molar-refractivity contribution in [2.75, 3.05) is 7.11 Å². The lowest BCUT2D eigenvalue weighted by molar-refractivity contribution is -0.139. The lowest BCUT2D eigenvalue weighted by atomic mass is 9.92. The molecule has 1 heterocycles. The van der Waals surface area contributed by atoms with E-state index in [0.717, 1.165) is 5.01 Å². The second kappa shape index (κ2) is 6.05. The van der Waals surface area contributed by atoms with E-state index in [9.17, 15) is 14.4 Å². The van der Waals surface area contributed by atoms with Crippen molar-refractivity contribution in [1.29, 1.82) is 0 Å². The second-order valence-corrected chi connectivity index (χ2v) is 5.21. The van der Waals surface area contributed by atoms with Crippen LogP contribution in [0.3, 0.4) is 0 Å². The van der Waals surface area contributed by atoms with Gasteiger partial charge in [0, 0.05) is 6.42 Å². The summed E-state index contributed by atoms with van der Waals surface area (Å²) in [7, 11) is 1.52. The average molecular weight is 305 g/mol. The number of amides is 4. The highest BCUT2D eigenvalue weighted by molar-refractivity contribution is 6.08. The molecule has 7 heteroatoms. The third-order valence-corrected chi connectivity index (χ3v) is 3.55. The first-order chi connectivity index (χ1) is 10.4. The van der Waals surface area contributed by atoms with Crippen LogP contribution in [0.5, 0.6) is 5.75 Å². The Morgan fingerprint density at radius 2 is 2.14 bits per heavy atom. The Hall–Kier alpha value is -2.57. The first-order valence-corrected chi connectivity index (χ1v) is 7.03. The summed E-state index contributed by atoms with van der Waals surface area (Å²) in [4.78, 5) is 36.2. The number of nitrogens with zero attached hydrogens (tertiary/aromatic N) is 1. The van der Waals surface area contributed by atoms with Gasteiger partial charge in [-0.1, -0.05) is 19.1 Å². The van der Waals surface area contributed by atoms with E-state index in [1.165, 1.54) is 7.11 Å². The molecule has 2 rings (SSSR count). The van der Waals surface area contributed by atoms with Crippen LogP contribution in [0.4, 0.5) is 4.79 Å². The first-order valence-electron chi connectivity index (χ1n) is 7.03. The third-order valence-electron chi connectivity index (χ3n) is 3.55. The largest absolute Gasteiger partial charge is 0.497 e. The van der Waals surface area contributed by atoms with Gasteiger partial charge >= 0.3 is 6.03 Å². The van der Waals surface area contributed by atoms with E-state index in [0.29, 0.717) is 17.7 Å². The van der Waals surface area contributed by atoms with Crippen LogP contribution in [0.2, 0.25) is 0 Å². The summed E-state index contributed by atoms with van der Waals surface area (Å²) in [6.45, 7) is 3.43. The van der Waals surface area contributed by atoms with Crippen LogP contribution in [0.1, 0.15) is 32.3 Å². The predicted molar refractivity (Wildman–Crippen MR) is 78.8 cm³/mol. The van der Waals surface area contributed by atoms with Gasteiger partial charge in [0.15, 0.2) is 0 Å². The van der Waals surface area contributed by atoms with E-state index >= 15 is 0 Å². The van der Waals surface area contributed by atoms with Crippen molar-refractivity contribution < 1.29 is 19.1 Å². The van der Waals surface area contributed by atoms with E-state index in [2.05, 4.69) is 10.7 Å². The van der Waals surface area contributed by atoms with Crippen LogP contribution in [0, 0.1) is 0 Å². The van der Waals surface area contributed by atoms with Gasteiger partial charge in [-0.15, -0.1) is 0 Å². The maximum atomic E-state index is 12.6. The van der Waals surface area contributed by atoms with Crippen LogP contribution >= 0.6 is 0 Å². The summed E-state index contributed by atoms with van der Waals surface area (Å²) in [6, 6.07) is 6.22. The van der Waals surface area contributed by atoms with E-state index in [4.69, 9.17) is 4.74 Å². The molecule has 7 nitrogen and oxygen atoms in total. The van der Waals surface area contributed by atoms with Gasteiger partial charge in [0.2, 0.25) is 5.91 Å². The summed E-state index contributed by atoms with van der Waals surface area (Å²) < 4.78 is 5.14. The number of ether oxygens (including phenoxy) is 1. The number of urea groups is 1. The zero-order valence-electron chi connectivity index (χ0n) is 12.8. The van der Waals surface area contributed by atoms with Gasteiger partial charge < -0.3 is 10.1 Å². The fourth-order valence-corrected chi connectivity index (χ4v) is 2.28. The maximum absolute atomic E-state index is 12.6. The van der Waals surface area contributed by atoms with Crippen molar-refractivity contribution in [3.63, 3.8) is 0 Å². The molecule has 1 aliphatic heterocycles. The van der Waals surface area contributed by atoms with E-state index in [1.54, 1.807) is 31.2 Å². The van der Waals surface area contributed by atoms with E-state index < -0.39 is 17.5 Å². The molecule has 0 spiro atoms. The molecule has 0 aliphatic carbocycles. The zero-order chi connectivity index (χ0) is 16.3. The number of imide groups is 1. The summed E-state index contributed by atoms with van der Waals surface area (Å²) in [5.74, 6) is -0.328. The Balaban J connectivity index is 2.27. The molecule has 1 atom stereocenters. The number of nitrogens with one attached hydrogen (secondary N) is 2. The van der Waals surface area contributed by atoms with Crippen molar-refractivity contribution in [3.8, 4) is 5.75 Å². The van der Waals surface area contributed by atoms with Gasteiger partial charge in [-0.25, -0.2) is 4.79 Å². The molecule has 0 bridgehead atoms. The standard InChI is InChI=1S/C15H19N3O4/c1-4-6-12(19)17-18-13(20)15(2,16-14(18)21)10-7-5-8-11(9-10)22-3/h5,7-9H,4,6H2,1-3H3,(H,16,21)(H,17,19)/t15-/m1/s1. The molecule has 1 aromatic rings. The van der Waals surface area contributed by atoms with Crippen molar-refractivity contribution in [2.24, 2.45) is 0 Å². The van der Waals surface area contributed by atoms with Crippen LogP contribution in [-0.2, 0) is 15.1 Å². The molecule has 118 valence electrons. The van der Waals surface area contributed by atoms with E-state index in [-0.39, 0.29) is 12.3 Å². The normalized spacial score (nSPS) is 20.8. The summed E-state index contributed by atoms with van der Waals surface area (Å²) in [6.07, 6.45) is 0.871. The smallest absolute Gasteiger partial charge is 0.344 e. The lowest BCUT2D eigenvalue weighted by Gasteiger charge is -2.22. The van der Waals surface area contributed by atoms with Gasteiger partial charge in [0.25, 0.3) is 5.91 Å². The lowest BCUT2D eigenvalue weighted by Crippen LogP contribution is -2.47. The van der Waals surface area contributed by atoms with Crippen LogP contribution < -0.4 is 15.5 Å². The Labute approximate surface area is 128 Å². The molecule has 0 aromatic heterocycles. The summed E-state index contributed by atoms with van der Waals surface area (Å²) in [5, 5.41) is 3.35. The predicted octanol–water partition coefficient (Wildman–Crippen LogP) is 1.29. The van der Waals surface area contributed by atoms with Crippen molar-refractivity contribution in [3.05, 3.63) is 29.8 Å². The van der Waals surface area contributed by atoms with Gasteiger partial charge in [-0.2, -0.15) is 5.01 Å². The monoisotopic (exact) mass is 305 g/mol. The molecular weight excluding hydrogens is 286 g/mol. The first kappa shape index (κ1) is 15.8. The minimum Gasteiger partial charge on any atom is -0.497 e. The molecular formula is C15H19N3O4. The highest BCUT2D eigenvalue weighted by Crippen LogP contribution is 2.30. The highest BCUT2D eigenvalue weighted by Gasteiger charge is 2.50. The molecule has 4 amide bonds. The average Bonchev–Trinajstić information content (AvgIpc) is 2.72. The number of hydrogen-bond acceptors (Lipinski definition) is 4. The Bertz CT molecular complexity index is 617. The molecule has 1 fully saturated rings. The Morgan fingerprint density at radius 1 is 1.41 bits per heavy atom. The molecule has 0 unspecified atom stereocenters. The fourth-order valence-electron chi connectivity index (χ4n) is 2.28. The molecule has 0 saturated carbocycles. The number of hydrazine groups is 1. The Morgan fingerprint density at radius 3 is 2.77 bits per heavy atom. The highest BCUT2D eigenvalue weighted by atomic mass is 16.5. The quantitative estimate of drug-likeness (QED) is 0.803. The maximum Gasteiger partial charge on any atom is 0.344 e. The SMILES string of the molecule is CCCC(=O)NN1C(=O)N[C@](C)(c2cccc(OC)c2)C1=O. The van der Waals surface area contributed by atoms with Crippen LogP contribution in [0.25, 0.3) is 0 Å². The number of carbonyl (C=O) groups excluding carboxylic acids is 3. The van der Waals surface area contributed by atoms with Gasteiger partial charge in [-0.3, -0.25) is 15.0 Å². The topological polar surface area (TPSA) is 87.7 Å². The Kier molecular flexibility index (Phi) is 4.35. The van der Waals surface area contributed by atoms with Gasteiger partial charge in [0.05, 0.1) is 7.11 Å². The fraction of sp³-hybridized carbons (Fsp3) is 0.400. The summed E-state index contributed by atoms with van der Waals surface area (Å²) >= 11 is 0. The number of benzene rings is 1. The summed E-state index contributed by atoms with van der Waals surface area (Å²) in [5.41, 5.74) is 1.67. The molecule has 0 radical (unpaired) electrons. The number of hydrogen-bond donors (Lipinski definition) is 2. The van der Waals surface area contributed by atoms with Crippen LogP contribution in [-0.4, -0.2) is 30.0 Å². The molecule has 1 aliphatic rings. The van der Waals surface area contributed by atoms with Crippen LogP contribution in [0.15, 0.2) is 24.3 Å². The van der Waals surface area contributed by atoms with Gasteiger partial charge in [-0.05, 0) is 31.0 Å². The number of methoxy groups -OCH3 is 1. The second-order valence-electron chi connectivity index (χ2n) is 5.21. The van der Waals surface area contributed by atoms with Crippen molar-refractivity contribution in [1.82, 2.24) is 15.8 Å². The molecule has 1 aromatic carbocycles. The van der Waals surface area contributed by atoms with E-state index in [1.807, 2.05) is 6.92 Å². The third kappa shape index (κ3) is 2.74. The zero-order valence-corrected chi connectivity index (χ0v) is 12.8. The number of carbonyl (C=O) groups is 3. The van der Waals surface area contributed by atoms with Gasteiger partial charge in [0.1, 0.15) is 11.3 Å². The number of rotatable bonds is 5. The van der Waals surface area contributed by atoms with Crippen molar-refractivity contribution in [2.45, 2.75) is 32.2 Å². The molecule has 2 N–H and O–H groups in total. The minimum absolute atomic E-state index is 0.243. The molecule has 1 saturated heterocycles. The van der Waals surface area contributed by atoms with Crippen molar-refractivity contribution >= 4 is 17.8 Å².